The van der Waals surface area contributed by atoms with Crippen LogP contribution in [-0.4, -0.2) is 6.54 Å². The van der Waals surface area contributed by atoms with Crippen LogP contribution in [0, 0.1) is 11.8 Å². The Morgan fingerprint density at radius 2 is 2.21 bits per heavy atom. The van der Waals surface area contributed by atoms with E-state index in [-0.39, 0.29) is 17.0 Å². The quantitative estimate of drug-likeness (QED) is 0.700. The maximum atomic E-state index is 3.49. The second-order valence-electron chi connectivity index (χ2n) is 4.28. The number of nitrogens with one attached hydrogen (secondary N) is 1. The molecule has 2 atom stereocenters. The molecule has 14 heavy (non-hydrogen) atoms. The molecule has 1 saturated heterocycles. The zero-order valence-corrected chi connectivity index (χ0v) is 9.91. The Morgan fingerprint density at radius 3 is 3.14 bits per heavy atom. The number of allylic oxidation sites excluding steroid dienone is 6. The molecule has 1 heterocycles. The summed E-state index contributed by atoms with van der Waals surface area (Å²) >= 11 is 0. The summed E-state index contributed by atoms with van der Waals surface area (Å²) in [7, 11) is 0. The number of hydrogen-bond acceptors (Lipinski definition) is 1. The molecule has 0 aromatic heterocycles. The van der Waals surface area contributed by atoms with Crippen molar-refractivity contribution in [3.05, 3.63) is 35.6 Å². The average Bonchev–Trinajstić information content (AvgIpc) is 2.61. The first kappa shape index (κ1) is 10.0. The van der Waals surface area contributed by atoms with Gasteiger partial charge in [-0.2, -0.15) is 0 Å². The zero-order chi connectivity index (χ0) is 8.67. The van der Waals surface area contributed by atoms with Gasteiger partial charge in [-0.25, -0.2) is 0 Å². The van der Waals surface area contributed by atoms with Crippen LogP contribution in [0.2, 0.25) is 0 Å². The highest BCUT2D eigenvalue weighted by Crippen LogP contribution is 2.39. The Kier molecular flexibility index (Phi) is 2.82. The predicted molar refractivity (Wildman–Crippen MR) is 64.5 cm³/mol. The van der Waals surface area contributed by atoms with Crippen LogP contribution in [0.1, 0.15) is 19.3 Å². The summed E-state index contributed by atoms with van der Waals surface area (Å²) in [4.78, 5) is 0. The van der Waals surface area contributed by atoms with E-state index in [0.29, 0.717) is 0 Å². The van der Waals surface area contributed by atoms with Crippen molar-refractivity contribution < 1.29 is 0 Å². The van der Waals surface area contributed by atoms with Crippen molar-refractivity contribution in [2.24, 2.45) is 11.8 Å². The van der Waals surface area contributed by atoms with Crippen molar-refractivity contribution in [3.8, 4) is 0 Å². The number of halogens is 1. The van der Waals surface area contributed by atoms with Gasteiger partial charge in [0.05, 0.1) is 0 Å². The second-order valence-corrected chi connectivity index (χ2v) is 4.28. The molecular weight excluding hydrogens is 238 g/mol. The molecule has 0 saturated carbocycles. The van der Waals surface area contributed by atoms with Gasteiger partial charge >= 0.3 is 0 Å². The van der Waals surface area contributed by atoms with E-state index >= 15 is 0 Å². The lowest BCUT2D eigenvalue weighted by Crippen LogP contribution is -2.19. The third kappa shape index (κ3) is 1.56. The van der Waals surface area contributed by atoms with Crippen LogP contribution in [-0.2, 0) is 0 Å². The van der Waals surface area contributed by atoms with E-state index in [9.17, 15) is 0 Å². The SMILES string of the molecule is Br.C1=CCC2CC3CCNC3=CC2=C1. The summed E-state index contributed by atoms with van der Waals surface area (Å²) in [5, 5.41) is 3.49. The monoisotopic (exact) mass is 253 g/mol. The fourth-order valence-corrected chi connectivity index (χ4v) is 2.72. The molecule has 76 valence electrons. The van der Waals surface area contributed by atoms with Gasteiger partial charge in [0.25, 0.3) is 0 Å². The fraction of sp³-hybridized carbons (Fsp3) is 0.500. The normalized spacial score (nSPS) is 33.1. The number of hydrogen-bond donors (Lipinski definition) is 1. The van der Waals surface area contributed by atoms with E-state index < -0.39 is 0 Å². The summed E-state index contributed by atoms with van der Waals surface area (Å²) < 4.78 is 0. The number of fused-ring (bicyclic) bond motifs is 2. The van der Waals surface area contributed by atoms with Crippen molar-refractivity contribution in [1.82, 2.24) is 5.32 Å². The second kappa shape index (κ2) is 3.93. The lowest BCUT2D eigenvalue weighted by molar-refractivity contribution is 0.447. The van der Waals surface area contributed by atoms with Crippen molar-refractivity contribution in [2.45, 2.75) is 19.3 Å². The lowest BCUT2D eigenvalue weighted by Gasteiger charge is -2.28. The summed E-state index contributed by atoms with van der Waals surface area (Å²) in [6.07, 6.45) is 13.1. The van der Waals surface area contributed by atoms with Crippen LogP contribution in [0.3, 0.4) is 0 Å². The van der Waals surface area contributed by atoms with E-state index in [2.05, 4.69) is 29.6 Å². The van der Waals surface area contributed by atoms with Crippen LogP contribution >= 0.6 is 17.0 Å². The smallest absolute Gasteiger partial charge is 0.0150 e. The summed E-state index contributed by atoms with van der Waals surface area (Å²) in [6.45, 7) is 1.18. The summed E-state index contributed by atoms with van der Waals surface area (Å²) in [5.41, 5.74) is 3.04. The molecule has 2 aliphatic carbocycles. The van der Waals surface area contributed by atoms with Gasteiger partial charge < -0.3 is 5.32 Å². The van der Waals surface area contributed by atoms with Gasteiger partial charge in [0, 0.05) is 18.2 Å². The van der Waals surface area contributed by atoms with E-state index in [1.165, 1.54) is 31.5 Å². The molecule has 0 amide bonds. The Morgan fingerprint density at radius 1 is 1.29 bits per heavy atom. The first-order chi connectivity index (χ1) is 6.43. The van der Waals surface area contributed by atoms with E-state index in [4.69, 9.17) is 0 Å². The van der Waals surface area contributed by atoms with Crippen LogP contribution in [0.25, 0.3) is 0 Å². The van der Waals surface area contributed by atoms with Gasteiger partial charge in [0.1, 0.15) is 0 Å². The predicted octanol–water partition coefficient (Wildman–Crippen LogP) is 2.96. The van der Waals surface area contributed by atoms with Crippen molar-refractivity contribution in [3.63, 3.8) is 0 Å². The highest BCUT2D eigenvalue weighted by Gasteiger charge is 2.30. The average molecular weight is 254 g/mol. The minimum Gasteiger partial charge on any atom is -0.388 e. The first-order valence-corrected chi connectivity index (χ1v) is 5.25. The molecule has 0 spiro atoms. The summed E-state index contributed by atoms with van der Waals surface area (Å²) in [6, 6.07) is 0. The molecule has 2 unspecified atom stereocenters. The van der Waals surface area contributed by atoms with Gasteiger partial charge in [0.15, 0.2) is 0 Å². The van der Waals surface area contributed by atoms with Crippen molar-refractivity contribution in [1.29, 1.82) is 0 Å². The van der Waals surface area contributed by atoms with Crippen LogP contribution in [0.5, 0.6) is 0 Å². The van der Waals surface area contributed by atoms with Crippen LogP contribution in [0.4, 0.5) is 0 Å². The van der Waals surface area contributed by atoms with E-state index in [1.807, 2.05) is 0 Å². The molecule has 0 bridgehead atoms. The van der Waals surface area contributed by atoms with Crippen LogP contribution < -0.4 is 5.32 Å². The van der Waals surface area contributed by atoms with Gasteiger partial charge in [-0.15, -0.1) is 17.0 Å². The standard InChI is InChI=1S/C12H15N.BrH/c1-2-4-10-8-12-11(5-6-13-12)7-9(10)3-1;/h1-2,4,8-9,11,13H,3,5-7H2;1H. The van der Waals surface area contributed by atoms with Gasteiger partial charge in [-0.3, -0.25) is 0 Å². The molecule has 2 heteroatoms. The molecule has 1 fully saturated rings. The highest BCUT2D eigenvalue weighted by molar-refractivity contribution is 8.93. The molecule has 1 N–H and O–H groups in total. The lowest BCUT2D eigenvalue weighted by atomic mass is 9.78. The highest BCUT2D eigenvalue weighted by atomic mass is 79.9. The maximum absolute atomic E-state index is 3.49. The van der Waals surface area contributed by atoms with E-state index in [0.717, 1.165) is 11.8 Å². The van der Waals surface area contributed by atoms with Crippen LogP contribution in [0.15, 0.2) is 35.6 Å². The van der Waals surface area contributed by atoms with Crippen molar-refractivity contribution >= 4 is 17.0 Å². The van der Waals surface area contributed by atoms with Crippen molar-refractivity contribution in [2.75, 3.05) is 6.54 Å². The molecule has 3 rings (SSSR count). The third-order valence-electron chi connectivity index (χ3n) is 3.47. The third-order valence-corrected chi connectivity index (χ3v) is 3.47. The maximum Gasteiger partial charge on any atom is 0.0150 e. The molecule has 3 aliphatic rings. The van der Waals surface area contributed by atoms with Gasteiger partial charge in [0.2, 0.25) is 0 Å². The molecule has 0 radical (unpaired) electrons. The molecule has 0 aromatic carbocycles. The minimum absolute atomic E-state index is 0. The number of rotatable bonds is 0. The Hall–Kier alpha value is -0.500. The minimum atomic E-state index is 0. The Balaban J connectivity index is 0.000000750. The fourth-order valence-electron chi connectivity index (χ4n) is 2.72. The van der Waals surface area contributed by atoms with Gasteiger partial charge in [-0.1, -0.05) is 18.2 Å². The topological polar surface area (TPSA) is 12.0 Å². The first-order valence-electron chi connectivity index (χ1n) is 5.25. The Bertz CT molecular complexity index is 314. The summed E-state index contributed by atoms with van der Waals surface area (Å²) in [5.74, 6) is 1.66. The molecule has 1 aliphatic heterocycles. The Labute approximate surface area is 95.7 Å². The van der Waals surface area contributed by atoms with Gasteiger partial charge in [-0.05, 0) is 36.8 Å². The molecule has 1 nitrogen and oxygen atoms in total. The molecular formula is C12H16BrN. The molecule has 0 aromatic rings. The van der Waals surface area contributed by atoms with E-state index in [1.54, 1.807) is 5.57 Å². The zero-order valence-electron chi connectivity index (χ0n) is 8.20. The largest absolute Gasteiger partial charge is 0.388 e.